The van der Waals surface area contributed by atoms with E-state index in [-0.39, 0.29) is 17.8 Å². The number of rotatable bonds is 2. The van der Waals surface area contributed by atoms with Crippen molar-refractivity contribution in [2.45, 2.75) is 24.9 Å². The molecule has 1 unspecified atom stereocenters. The fraction of sp³-hybridized carbons (Fsp3) is 0.500. The maximum Gasteiger partial charge on any atom is 0.432 e. The van der Waals surface area contributed by atoms with Gasteiger partial charge in [-0.1, -0.05) is 0 Å². The summed E-state index contributed by atoms with van der Waals surface area (Å²) in [4.78, 5) is 20.1. The number of piperidine rings is 1. The monoisotopic (exact) mass is 342 g/mol. The van der Waals surface area contributed by atoms with E-state index in [0.29, 0.717) is 31.7 Å². The van der Waals surface area contributed by atoms with Crippen LogP contribution in [0.15, 0.2) is 18.5 Å². The highest BCUT2D eigenvalue weighted by Crippen LogP contribution is 2.31. The molecule has 0 spiro atoms. The van der Waals surface area contributed by atoms with E-state index in [2.05, 4.69) is 20.4 Å². The number of carbonyl (C=O) groups excluding carboxylic acids is 1. The molecule has 7 nitrogen and oxygen atoms in total. The first-order chi connectivity index (χ1) is 11.3. The number of urea groups is 1. The van der Waals surface area contributed by atoms with Crippen molar-refractivity contribution in [1.29, 1.82) is 0 Å². The van der Waals surface area contributed by atoms with Crippen molar-refractivity contribution in [3.63, 3.8) is 0 Å². The Morgan fingerprint density at radius 3 is 2.88 bits per heavy atom. The van der Waals surface area contributed by atoms with E-state index >= 15 is 0 Å². The van der Waals surface area contributed by atoms with Crippen molar-refractivity contribution in [2.24, 2.45) is 7.05 Å². The van der Waals surface area contributed by atoms with E-state index in [1.165, 1.54) is 4.68 Å². The average molecular weight is 342 g/mol. The van der Waals surface area contributed by atoms with Crippen LogP contribution in [0.3, 0.4) is 0 Å². The average Bonchev–Trinajstić information content (AvgIpc) is 3.17. The summed E-state index contributed by atoms with van der Waals surface area (Å²) < 4.78 is 39.5. The topological polar surface area (TPSA) is 78.8 Å². The van der Waals surface area contributed by atoms with Crippen LogP contribution in [-0.4, -0.2) is 43.8 Å². The van der Waals surface area contributed by atoms with Gasteiger partial charge >= 0.3 is 12.2 Å². The maximum absolute atomic E-state index is 12.7. The molecule has 0 aliphatic carbocycles. The maximum atomic E-state index is 12.7. The molecule has 2 aromatic heterocycles. The number of imidazole rings is 1. The summed E-state index contributed by atoms with van der Waals surface area (Å²) in [5, 5.41) is 6.70. The lowest BCUT2D eigenvalue weighted by molar-refractivity contribution is -0.141. The number of aromatic amines is 1. The Kier molecular flexibility index (Phi) is 4.20. The molecular formula is C14H17F3N6O. The first kappa shape index (κ1) is 16.3. The van der Waals surface area contributed by atoms with Crippen molar-refractivity contribution < 1.29 is 18.0 Å². The summed E-state index contributed by atoms with van der Waals surface area (Å²) in [5.74, 6) is 0.576. The number of nitrogens with one attached hydrogen (secondary N) is 2. The summed E-state index contributed by atoms with van der Waals surface area (Å²) in [5.41, 5.74) is -0.867. The van der Waals surface area contributed by atoms with Gasteiger partial charge in [-0.2, -0.15) is 18.3 Å². The van der Waals surface area contributed by atoms with Gasteiger partial charge in [0.2, 0.25) is 0 Å². The van der Waals surface area contributed by atoms with Crippen molar-refractivity contribution in [3.05, 3.63) is 30.0 Å². The zero-order valence-electron chi connectivity index (χ0n) is 13.0. The number of H-pyrrole nitrogens is 1. The zero-order valence-corrected chi connectivity index (χ0v) is 13.0. The minimum absolute atomic E-state index is 0.243. The van der Waals surface area contributed by atoms with Gasteiger partial charge in [-0.05, 0) is 12.8 Å². The van der Waals surface area contributed by atoms with Crippen LogP contribution in [0, 0.1) is 0 Å². The number of likely N-dealkylation sites (tertiary alicyclic amines) is 1. The van der Waals surface area contributed by atoms with E-state index in [9.17, 15) is 18.0 Å². The van der Waals surface area contributed by atoms with Crippen molar-refractivity contribution in [3.8, 4) is 0 Å². The largest absolute Gasteiger partial charge is 0.432 e. The Labute approximate surface area is 135 Å². The van der Waals surface area contributed by atoms with Gasteiger partial charge in [-0.3, -0.25) is 10.00 Å². The molecule has 0 aromatic carbocycles. The molecule has 0 bridgehead atoms. The summed E-state index contributed by atoms with van der Waals surface area (Å²) in [6, 6.07) is 1.37. The van der Waals surface area contributed by atoms with Crippen LogP contribution >= 0.6 is 0 Å². The highest BCUT2D eigenvalue weighted by molar-refractivity contribution is 5.88. The molecule has 2 amide bonds. The first-order valence-corrected chi connectivity index (χ1v) is 7.50. The minimum atomic E-state index is -4.45. The Hall–Kier alpha value is -2.52. The van der Waals surface area contributed by atoms with Gasteiger partial charge in [0.05, 0.1) is 12.4 Å². The van der Waals surface area contributed by atoms with Crippen molar-refractivity contribution in [2.75, 3.05) is 18.4 Å². The molecule has 1 saturated heterocycles. The van der Waals surface area contributed by atoms with Gasteiger partial charge in [-0.25, -0.2) is 9.78 Å². The second kappa shape index (κ2) is 6.17. The van der Waals surface area contributed by atoms with E-state index in [0.717, 1.165) is 6.20 Å². The molecule has 2 aromatic rings. The lowest BCUT2D eigenvalue weighted by atomic mass is 9.97. The van der Waals surface area contributed by atoms with Crippen LogP contribution in [0.25, 0.3) is 0 Å². The highest BCUT2D eigenvalue weighted by atomic mass is 19.4. The predicted octanol–water partition coefficient (Wildman–Crippen LogP) is 2.57. The molecule has 0 radical (unpaired) electrons. The van der Waals surface area contributed by atoms with Crippen LogP contribution < -0.4 is 5.32 Å². The fourth-order valence-electron chi connectivity index (χ4n) is 2.76. The van der Waals surface area contributed by atoms with Crippen molar-refractivity contribution in [1.82, 2.24) is 24.6 Å². The van der Waals surface area contributed by atoms with Crippen molar-refractivity contribution >= 4 is 11.8 Å². The molecule has 2 N–H and O–H groups in total. The lowest BCUT2D eigenvalue weighted by Crippen LogP contribution is -2.42. The van der Waals surface area contributed by atoms with Gasteiger partial charge in [0.1, 0.15) is 17.3 Å². The fourth-order valence-corrected chi connectivity index (χ4v) is 2.76. The normalized spacial score (nSPS) is 18.7. The second-order valence-electron chi connectivity index (χ2n) is 5.74. The number of hydrogen-bond acceptors (Lipinski definition) is 3. The molecule has 130 valence electrons. The van der Waals surface area contributed by atoms with Crippen LogP contribution in [0.1, 0.15) is 30.3 Å². The summed E-state index contributed by atoms with van der Waals surface area (Å²) in [6.07, 6.45) is -0.706. The van der Waals surface area contributed by atoms with E-state index < -0.39 is 11.9 Å². The van der Waals surface area contributed by atoms with E-state index in [4.69, 9.17) is 0 Å². The molecule has 1 aliphatic heterocycles. The first-order valence-electron chi connectivity index (χ1n) is 7.50. The number of aryl methyl sites for hydroxylation is 1. The summed E-state index contributed by atoms with van der Waals surface area (Å²) >= 11 is 0. The Bertz CT molecular complexity index is 722. The van der Waals surface area contributed by atoms with Gasteiger partial charge in [-0.15, -0.1) is 0 Å². The van der Waals surface area contributed by atoms with Crippen LogP contribution in [-0.2, 0) is 13.2 Å². The summed E-state index contributed by atoms with van der Waals surface area (Å²) in [7, 11) is 1.70. The van der Waals surface area contributed by atoms with E-state index in [1.54, 1.807) is 24.2 Å². The quantitative estimate of drug-likeness (QED) is 0.880. The second-order valence-corrected chi connectivity index (χ2v) is 5.74. The Balaban J connectivity index is 1.67. The van der Waals surface area contributed by atoms with Gasteiger partial charge in [0.25, 0.3) is 0 Å². The van der Waals surface area contributed by atoms with Gasteiger partial charge in [0.15, 0.2) is 0 Å². The predicted molar refractivity (Wildman–Crippen MR) is 79.4 cm³/mol. The number of anilines is 1. The number of amides is 2. The highest BCUT2D eigenvalue weighted by Gasteiger charge is 2.34. The van der Waals surface area contributed by atoms with Crippen LogP contribution in [0.4, 0.5) is 23.8 Å². The number of hydrogen-bond donors (Lipinski definition) is 2. The minimum Gasteiger partial charge on any atom is -0.338 e. The molecule has 0 saturated carbocycles. The number of alkyl halides is 3. The smallest absolute Gasteiger partial charge is 0.338 e. The third-order valence-electron chi connectivity index (χ3n) is 4.05. The molecule has 10 heteroatoms. The molecule has 1 atom stereocenters. The Morgan fingerprint density at radius 2 is 2.25 bits per heavy atom. The zero-order chi connectivity index (χ0) is 17.3. The molecule has 3 heterocycles. The Morgan fingerprint density at radius 1 is 1.46 bits per heavy atom. The standard InChI is InChI=1S/C14H17F3N6O/c1-22-11(4-5-19-22)21-13(24)23-6-2-3-9(8-23)12-18-7-10(20-12)14(15,16)17/h4-5,7,9H,2-3,6,8H2,1H3,(H,18,20)(H,21,24). The number of carbonyl (C=O) groups is 1. The molecule has 1 fully saturated rings. The lowest BCUT2D eigenvalue weighted by Gasteiger charge is -2.31. The van der Waals surface area contributed by atoms with Gasteiger partial charge < -0.3 is 9.88 Å². The molecule has 1 aliphatic rings. The third-order valence-corrected chi connectivity index (χ3v) is 4.05. The number of halogens is 3. The van der Waals surface area contributed by atoms with Gasteiger partial charge in [0, 0.05) is 32.1 Å². The van der Waals surface area contributed by atoms with Crippen LogP contribution in [0.2, 0.25) is 0 Å². The molecular weight excluding hydrogens is 325 g/mol. The van der Waals surface area contributed by atoms with Crippen LogP contribution in [0.5, 0.6) is 0 Å². The summed E-state index contributed by atoms with van der Waals surface area (Å²) in [6.45, 7) is 0.863. The SMILES string of the molecule is Cn1nccc1NC(=O)N1CCCC(c2ncc(C(F)(F)F)[nH]2)C1. The number of nitrogens with zero attached hydrogens (tertiary/aromatic N) is 4. The molecule has 3 rings (SSSR count). The number of aromatic nitrogens is 4. The van der Waals surface area contributed by atoms with E-state index in [1.807, 2.05) is 0 Å². The third kappa shape index (κ3) is 3.36. The molecule has 24 heavy (non-hydrogen) atoms.